The Morgan fingerprint density at radius 1 is 1.57 bits per heavy atom. The van der Waals surface area contributed by atoms with Gasteiger partial charge in [-0.25, -0.2) is 4.79 Å². The van der Waals surface area contributed by atoms with Crippen molar-refractivity contribution in [2.45, 2.75) is 6.92 Å². The second-order valence-electron chi connectivity index (χ2n) is 2.68. The third-order valence-electron chi connectivity index (χ3n) is 1.69. The fraction of sp³-hybridized carbons (Fsp3) is 0.125. The first-order valence-corrected chi connectivity index (χ1v) is 4.40. The monoisotopic (exact) mass is 259 g/mol. The lowest BCUT2D eigenvalue weighted by Gasteiger charge is -2.02. The number of nitrogens with zero attached hydrogens (tertiary/aromatic N) is 1. The van der Waals surface area contributed by atoms with E-state index in [0.29, 0.717) is 10.0 Å². The molecule has 14 heavy (non-hydrogen) atoms. The second kappa shape index (κ2) is 3.75. The summed E-state index contributed by atoms with van der Waals surface area (Å²) in [7, 11) is 0. The molecule has 0 aromatic heterocycles. The quantitative estimate of drug-likeness (QED) is 0.653. The number of benzene rings is 1. The molecular formula is C8H6BrNO4. The van der Waals surface area contributed by atoms with E-state index >= 15 is 0 Å². The Morgan fingerprint density at radius 2 is 2.14 bits per heavy atom. The van der Waals surface area contributed by atoms with E-state index in [1.807, 2.05) is 0 Å². The van der Waals surface area contributed by atoms with Crippen molar-refractivity contribution in [1.29, 1.82) is 0 Å². The third kappa shape index (κ3) is 1.90. The number of nitro groups is 1. The minimum absolute atomic E-state index is 0.266. The highest BCUT2D eigenvalue weighted by molar-refractivity contribution is 9.10. The molecule has 0 amide bonds. The van der Waals surface area contributed by atoms with Crippen molar-refractivity contribution in [3.63, 3.8) is 0 Å². The number of halogens is 1. The van der Waals surface area contributed by atoms with Gasteiger partial charge in [0.05, 0.1) is 4.92 Å². The van der Waals surface area contributed by atoms with Gasteiger partial charge in [-0.2, -0.15) is 0 Å². The SMILES string of the molecule is Cc1cc(Br)cc([N+](=O)[O-])c1C(=O)O. The molecule has 1 aromatic rings. The molecule has 6 heteroatoms. The van der Waals surface area contributed by atoms with Crippen LogP contribution in [0, 0.1) is 17.0 Å². The summed E-state index contributed by atoms with van der Waals surface area (Å²) >= 11 is 3.07. The van der Waals surface area contributed by atoms with Gasteiger partial charge in [0.25, 0.3) is 5.69 Å². The van der Waals surface area contributed by atoms with Gasteiger partial charge in [-0.1, -0.05) is 15.9 Å². The Labute approximate surface area is 87.6 Å². The zero-order chi connectivity index (χ0) is 10.9. The second-order valence-corrected chi connectivity index (χ2v) is 3.59. The topological polar surface area (TPSA) is 80.4 Å². The number of carbonyl (C=O) groups is 1. The van der Waals surface area contributed by atoms with Crippen LogP contribution in [0.5, 0.6) is 0 Å². The van der Waals surface area contributed by atoms with E-state index in [0.717, 1.165) is 0 Å². The van der Waals surface area contributed by atoms with Crippen molar-refractivity contribution in [3.8, 4) is 0 Å². The van der Waals surface area contributed by atoms with Gasteiger partial charge in [0.2, 0.25) is 0 Å². The summed E-state index contributed by atoms with van der Waals surface area (Å²) in [5, 5.41) is 19.3. The molecule has 1 rings (SSSR count). The van der Waals surface area contributed by atoms with E-state index in [9.17, 15) is 14.9 Å². The van der Waals surface area contributed by atoms with Crippen LogP contribution in [0.4, 0.5) is 5.69 Å². The molecular weight excluding hydrogens is 254 g/mol. The number of carboxylic acid groups (broad SMARTS) is 1. The number of aryl methyl sites for hydroxylation is 1. The largest absolute Gasteiger partial charge is 0.477 e. The Hall–Kier alpha value is -1.43. The first kappa shape index (κ1) is 10.6. The summed E-state index contributed by atoms with van der Waals surface area (Å²) in [5.41, 5.74) is -0.304. The highest BCUT2D eigenvalue weighted by Gasteiger charge is 2.22. The Balaban J connectivity index is 3.52. The van der Waals surface area contributed by atoms with Crippen LogP contribution < -0.4 is 0 Å². The molecule has 0 fully saturated rings. The van der Waals surface area contributed by atoms with E-state index in [1.54, 1.807) is 0 Å². The molecule has 0 saturated carbocycles. The molecule has 0 aliphatic rings. The van der Waals surface area contributed by atoms with Crippen LogP contribution in [0.15, 0.2) is 16.6 Å². The number of nitro benzene ring substituents is 1. The molecule has 0 radical (unpaired) electrons. The lowest BCUT2D eigenvalue weighted by Crippen LogP contribution is -2.05. The van der Waals surface area contributed by atoms with Gasteiger partial charge in [0, 0.05) is 10.5 Å². The van der Waals surface area contributed by atoms with Crippen LogP contribution in [0.2, 0.25) is 0 Å². The fourth-order valence-electron chi connectivity index (χ4n) is 1.15. The molecule has 0 heterocycles. The third-order valence-corrected chi connectivity index (χ3v) is 2.15. The van der Waals surface area contributed by atoms with Crippen molar-refractivity contribution in [3.05, 3.63) is 37.8 Å². The summed E-state index contributed by atoms with van der Waals surface area (Å²) in [6.07, 6.45) is 0. The molecule has 1 N–H and O–H groups in total. The van der Waals surface area contributed by atoms with E-state index in [4.69, 9.17) is 5.11 Å². The van der Waals surface area contributed by atoms with Crippen molar-refractivity contribution < 1.29 is 14.8 Å². The molecule has 74 valence electrons. The van der Waals surface area contributed by atoms with E-state index in [1.165, 1.54) is 19.1 Å². The van der Waals surface area contributed by atoms with Crippen LogP contribution in [0.1, 0.15) is 15.9 Å². The molecule has 1 aromatic carbocycles. The van der Waals surface area contributed by atoms with Crippen LogP contribution in [-0.2, 0) is 0 Å². The van der Waals surface area contributed by atoms with Crippen LogP contribution >= 0.6 is 15.9 Å². The predicted molar refractivity (Wildman–Crippen MR) is 52.5 cm³/mol. The Morgan fingerprint density at radius 3 is 2.57 bits per heavy atom. The van der Waals surface area contributed by atoms with E-state index in [-0.39, 0.29) is 5.56 Å². The molecule has 0 saturated heterocycles. The number of rotatable bonds is 2. The van der Waals surface area contributed by atoms with E-state index in [2.05, 4.69) is 15.9 Å². The molecule has 5 nitrogen and oxygen atoms in total. The highest BCUT2D eigenvalue weighted by atomic mass is 79.9. The number of hydrogen-bond acceptors (Lipinski definition) is 3. The highest BCUT2D eigenvalue weighted by Crippen LogP contribution is 2.26. The van der Waals surface area contributed by atoms with Crippen LogP contribution in [-0.4, -0.2) is 16.0 Å². The first-order valence-electron chi connectivity index (χ1n) is 3.61. The van der Waals surface area contributed by atoms with Gasteiger partial charge in [-0.15, -0.1) is 0 Å². The summed E-state index contributed by atoms with van der Waals surface area (Å²) in [6.45, 7) is 1.52. The summed E-state index contributed by atoms with van der Waals surface area (Å²) < 4.78 is 0.492. The first-order chi connectivity index (χ1) is 6.43. The molecule has 0 spiro atoms. The normalized spacial score (nSPS) is 9.86. The van der Waals surface area contributed by atoms with Gasteiger partial charge >= 0.3 is 5.97 Å². The van der Waals surface area contributed by atoms with Crippen LogP contribution in [0.3, 0.4) is 0 Å². The van der Waals surface area contributed by atoms with Crippen molar-refractivity contribution in [1.82, 2.24) is 0 Å². The zero-order valence-corrected chi connectivity index (χ0v) is 8.74. The fourth-order valence-corrected chi connectivity index (χ4v) is 1.71. The van der Waals surface area contributed by atoms with Crippen molar-refractivity contribution >= 4 is 27.6 Å². The molecule has 0 bridgehead atoms. The lowest BCUT2D eigenvalue weighted by molar-refractivity contribution is -0.385. The standard InChI is InChI=1S/C8H6BrNO4/c1-4-2-5(9)3-6(10(13)14)7(4)8(11)12/h2-3H,1H3,(H,11,12). The minimum atomic E-state index is -1.29. The maximum absolute atomic E-state index is 10.7. The maximum Gasteiger partial charge on any atom is 0.343 e. The summed E-state index contributed by atoms with van der Waals surface area (Å²) in [5.74, 6) is -1.29. The lowest BCUT2D eigenvalue weighted by atomic mass is 10.1. The van der Waals surface area contributed by atoms with Gasteiger partial charge in [0.1, 0.15) is 5.56 Å². The summed E-state index contributed by atoms with van der Waals surface area (Å²) in [6, 6.07) is 2.70. The Kier molecular flexibility index (Phi) is 2.85. The van der Waals surface area contributed by atoms with Crippen molar-refractivity contribution in [2.24, 2.45) is 0 Å². The molecule has 0 aliphatic heterocycles. The van der Waals surface area contributed by atoms with Gasteiger partial charge in [-0.05, 0) is 18.6 Å². The predicted octanol–water partition coefficient (Wildman–Crippen LogP) is 2.36. The number of hydrogen-bond donors (Lipinski definition) is 1. The van der Waals surface area contributed by atoms with Gasteiger partial charge in [-0.3, -0.25) is 10.1 Å². The zero-order valence-electron chi connectivity index (χ0n) is 7.15. The number of aromatic carboxylic acids is 1. The smallest absolute Gasteiger partial charge is 0.343 e. The average molecular weight is 260 g/mol. The Bertz CT molecular complexity index is 416. The van der Waals surface area contributed by atoms with Gasteiger partial charge in [0.15, 0.2) is 0 Å². The molecule has 0 unspecified atom stereocenters. The minimum Gasteiger partial charge on any atom is -0.477 e. The van der Waals surface area contributed by atoms with Gasteiger partial charge < -0.3 is 5.11 Å². The average Bonchev–Trinajstić information content (AvgIpc) is 2.01. The molecule has 0 aliphatic carbocycles. The van der Waals surface area contributed by atoms with E-state index < -0.39 is 16.6 Å². The molecule has 0 atom stereocenters. The summed E-state index contributed by atoms with van der Waals surface area (Å²) in [4.78, 5) is 20.6. The number of carboxylic acids is 1. The van der Waals surface area contributed by atoms with Crippen LogP contribution in [0.25, 0.3) is 0 Å². The van der Waals surface area contributed by atoms with Crippen molar-refractivity contribution in [2.75, 3.05) is 0 Å². The maximum atomic E-state index is 10.7.